The Hall–Kier alpha value is -4.74. The van der Waals surface area contributed by atoms with Gasteiger partial charge in [-0.05, 0) is 37.0 Å². The number of aromatic hydroxyl groups is 1. The Morgan fingerprint density at radius 3 is 1.37 bits per heavy atom. The summed E-state index contributed by atoms with van der Waals surface area (Å²) >= 11 is 3.65. The Balaban J connectivity index is -0.000000249. The van der Waals surface area contributed by atoms with Crippen LogP contribution in [0.2, 0.25) is 0 Å². The minimum absolute atomic E-state index is 0.0129. The average molecular weight is 685 g/mol. The molecular formula is C24H44N8O13S. The molecule has 0 amide bonds. The van der Waals surface area contributed by atoms with Crippen molar-refractivity contribution in [3.05, 3.63) is 29.8 Å². The van der Waals surface area contributed by atoms with E-state index in [-0.39, 0.29) is 30.4 Å². The van der Waals surface area contributed by atoms with Crippen LogP contribution in [0.3, 0.4) is 0 Å². The minimum atomic E-state index is -1.29. The van der Waals surface area contributed by atoms with Gasteiger partial charge in [-0.25, -0.2) is 0 Å². The first-order valence-electron chi connectivity index (χ1n) is 12.6. The van der Waals surface area contributed by atoms with Crippen molar-refractivity contribution in [1.82, 2.24) is 0 Å². The number of guanidine groups is 1. The fraction of sp³-hybridized carbons (Fsp3) is 0.458. The molecule has 0 bridgehead atoms. The van der Waals surface area contributed by atoms with Crippen molar-refractivity contribution in [3.8, 4) is 5.75 Å². The summed E-state index contributed by atoms with van der Waals surface area (Å²) in [5, 5.41) is 57.5. The highest BCUT2D eigenvalue weighted by atomic mass is 32.1. The first-order valence-corrected chi connectivity index (χ1v) is 13.3. The third-order valence-corrected chi connectivity index (χ3v) is 4.79. The SMILES string of the molecule is NC(CC(=O)O)C(=O)O.NC(CS)C(=O)O.NC(Cc1ccc(O)cc1)C(=O)O.NC(N)=NCCCC(N)C(=O)O.NCC(=O)O. The molecule has 0 saturated carbocycles. The number of benzene rings is 1. The Bertz CT molecular complexity index is 1090. The van der Waals surface area contributed by atoms with Crippen LogP contribution in [-0.2, 0) is 35.2 Å². The largest absolute Gasteiger partial charge is 0.508 e. The Labute approximate surface area is 268 Å². The molecule has 21 N–H and O–H groups in total. The molecule has 0 aliphatic carbocycles. The maximum Gasteiger partial charge on any atom is 0.321 e. The topological polar surface area (TPSA) is 439 Å². The van der Waals surface area contributed by atoms with Crippen LogP contribution in [0.15, 0.2) is 29.3 Å². The number of hydrogen-bond donors (Lipinski definition) is 15. The minimum Gasteiger partial charge on any atom is -0.508 e. The number of phenolic OH excluding ortho intramolecular Hbond substituents is 1. The van der Waals surface area contributed by atoms with Gasteiger partial charge in [0.15, 0.2) is 5.96 Å². The number of aliphatic carboxylic acids is 6. The summed E-state index contributed by atoms with van der Waals surface area (Å²) in [5.41, 5.74) is 35.8. The molecule has 1 rings (SSSR count). The Morgan fingerprint density at radius 2 is 1.11 bits per heavy atom. The average Bonchev–Trinajstić information content (AvgIpc) is 2.96. The van der Waals surface area contributed by atoms with E-state index in [1.807, 2.05) is 0 Å². The molecule has 4 atom stereocenters. The molecular weight excluding hydrogens is 640 g/mol. The number of aliphatic imine (C=N–C) groups is 1. The van der Waals surface area contributed by atoms with Crippen LogP contribution in [0.5, 0.6) is 5.75 Å². The van der Waals surface area contributed by atoms with E-state index in [0.29, 0.717) is 19.4 Å². The van der Waals surface area contributed by atoms with Crippen molar-refractivity contribution in [3.63, 3.8) is 0 Å². The molecule has 0 radical (unpaired) electrons. The van der Waals surface area contributed by atoms with E-state index < -0.39 is 66.4 Å². The van der Waals surface area contributed by atoms with Crippen LogP contribution >= 0.6 is 12.6 Å². The number of hydrogen-bond acceptors (Lipinski definition) is 14. The number of nitrogens with two attached hydrogens (primary N) is 7. The number of nitrogens with zero attached hydrogens (tertiary/aromatic N) is 1. The zero-order valence-electron chi connectivity index (χ0n) is 24.6. The normalized spacial score (nSPS) is 12.0. The van der Waals surface area contributed by atoms with Crippen molar-refractivity contribution >= 4 is 54.4 Å². The molecule has 1 aromatic carbocycles. The second-order valence-corrected chi connectivity index (χ2v) is 8.84. The van der Waals surface area contributed by atoms with Crippen molar-refractivity contribution in [2.75, 3.05) is 18.8 Å². The van der Waals surface area contributed by atoms with Gasteiger partial charge in [0, 0.05) is 12.3 Å². The van der Waals surface area contributed by atoms with E-state index in [1.54, 1.807) is 12.1 Å². The number of carbonyl (C=O) groups is 6. The van der Waals surface area contributed by atoms with Crippen LogP contribution in [0.25, 0.3) is 0 Å². The lowest BCUT2D eigenvalue weighted by Crippen LogP contribution is -2.32. The van der Waals surface area contributed by atoms with Crippen molar-refractivity contribution in [1.29, 1.82) is 0 Å². The van der Waals surface area contributed by atoms with Crippen LogP contribution in [-0.4, -0.2) is 121 Å². The van der Waals surface area contributed by atoms with Crippen LogP contribution < -0.4 is 40.1 Å². The summed E-state index contributed by atoms with van der Waals surface area (Å²) in [5.74, 6) is -6.13. The van der Waals surface area contributed by atoms with Gasteiger partial charge in [0.25, 0.3) is 0 Å². The lowest BCUT2D eigenvalue weighted by Gasteiger charge is -2.05. The molecule has 0 spiro atoms. The second-order valence-electron chi connectivity index (χ2n) is 8.48. The lowest BCUT2D eigenvalue weighted by molar-refractivity contribution is -0.144. The second kappa shape index (κ2) is 29.0. The highest BCUT2D eigenvalue weighted by Gasteiger charge is 2.14. The molecule has 0 aliphatic heterocycles. The third kappa shape index (κ3) is 35.5. The summed E-state index contributed by atoms with van der Waals surface area (Å²) in [4.78, 5) is 62.9. The predicted molar refractivity (Wildman–Crippen MR) is 167 cm³/mol. The van der Waals surface area contributed by atoms with Crippen LogP contribution in [0.1, 0.15) is 24.8 Å². The van der Waals surface area contributed by atoms with Gasteiger partial charge in [-0.1, -0.05) is 12.1 Å². The van der Waals surface area contributed by atoms with Gasteiger partial charge in [0.05, 0.1) is 13.0 Å². The molecule has 0 fully saturated rings. The quantitative estimate of drug-likeness (QED) is 0.0384. The summed E-state index contributed by atoms with van der Waals surface area (Å²) in [7, 11) is 0. The molecule has 4 unspecified atom stereocenters. The molecule has 46 heavy (non-hydrogen) atoms. The van der Waals surface area contributed by atoms with Gasteiger partial charge in [-0.15, -0.1) is 0 Å². The predicted octanol–water partition coefficient (Wildman–Crippen LogP) is -3.97. The molecule has 264 valence electrons. The summed E-state index contributed by atoms with van der Waals surface area (Å²) in [6, 6.07) is 2.50. The molecule has 21 nitrogen and oxygen atoms in total. The summed E-state index contributed by atoms with van der Waals surface area (Å²) in [6.45, 7) is 0.142. The standard InChI is InChI=1S/C9H11NO3.C6H14N4O2.C4H7NO4.C3H7NO2S.C2H5NO2/c10-8(9(12)13)5-6-1-3-7(11)4-2-6;7-4(5(11)12)2-1-3-10-6(8)9;5-2(4(8)9)1-3(6)7;4-2(1-7)3(5)6;3-1-2(4)5/h1-4,8,11H,5,10H2,(H,12,13);4H,1-3,7H2,(H,11,12)(H4,8,9,10);2H,1,5H2,(H,6,7)(H,8,9);2,7H,1,4H2,(H,5,6);1,3H2,(H,4,5). The summed E-state index contributed by atoms with van der Waals surface area (Å²) in [6.07, 6.45) is 0.697. The zero-order chi connectivity index (χ0) is 37.0. The van der Waals surface area contributed by atoms with E-state index in [9.17, 15) is 28.8 Å². The number of rotatable bonds is 14. The van der Waals surface area contributed by atoms with Crippen molar-refractivity contribution < 1.29 is 64.5 Å². The van der Waals surface area contributed by atoms with E-state index in [0.717, 1.165) is 5.56 Å². The number of carboxylic acids is 6. The lowest BCUT2D eigenvalue weighted by atomic mass is 10.1. The van der Waals surface area contributed by atoms with E-state index >= 15 is 0 Å². The maximum atomic E-state index is 10.4. The van der Waals surface area contributed by atoms with E-state index in [1.165, 1.54) is 12.1 Å². The van der Waals surface area contributed by atoms with Crippen LogP contribution in [0, 0.1) is 0 Å². The number of thiol groups is 1. The molecule has 0 aliphatic rings. The number of phenols is 1. The van der Waals surface area contributed by atoms with Crippen molar-refractivity contribution in [2.45, 2.75) is 49.9 Å². The summed E-state index contributed by atoms with van der Waals surface area (Å²) < 4.78 is 0. The monoisotopic (exact) mass is 684 g/mol. The van der Waals surface area contributed by atoms with Crippen LogP contribution in [0.4, 0.5) is 0 Å². The fourth-order valence-corrected chi connectivity index (χ4v) is 2.13. The third-order valence-electron chi connectivity index (χ3n) is 4.39. The van der Waals surface area contributed by atoms with Gasteiger partial charge in [0.1, 0.15) is 29.9 Å². The van der Waals surface area contributed by atoms with Gasteiger partial charge >= 0.3 is 35.8 Å². The first kappa shape index (κ1) is 48.2. The van der Waals surface area contributed by atoms with Gasteiger partial charge in [0.2, 0.25) is 0 Å². The molecule has 0 aromatic heterocycles. The van der Waals surface area contributed by atoms with Gasteiger partial charge in [-0.2, -0.15) is 12.6 Å². The Kier molecular flexibility index (Phi) is 30.4. The molecule has 0 heterocycles. The van der Waals surface area contributed by atoms with E-state index in [2.05, 4.69) is 23.4 Å². The first-order chi connectivity index (χ1) is 21.1. The highest BCUT2D eigenvalue weighted by molar-refractivity contribution is 7.80. The van der Waals surface area contributed by atoms with Crippen molar-refractivity contribution in [2.24, 2.45) is 45.1 Å². The highest BCUT2D eigenvalue weighted by Crippen LogP contribution is 2.10. The fourth-order valence-electron chi connectivity index (χ4n) is 1.97. The number of carboxylic acid groups (broad SMARTS) is 6. The smallest absolute Gasteiger partial charge is 0.321 e. The maximum absolute atomic E-state index is 10.4. The van der Waals surface area contributed by atoms with E-state index in [4.69, 9.17) is 70.1 Å². The molecule has 0 saturated heterocycles. The molecule has 1 aromatic rings. The van der Waals surface area contributed by atoms with Gasteiger partial charge < -0.3 is 75.9 Å². The molecule has 22 heteroatoms. The Morgan fingerprint density at radius 1 is 0.696 bits per heavy atom. The zero-order valence-corrected chi connectivity index (χ0v) is 25.5. The van der Waals surface area contributed by atoms with Gasteiger partial charge in [-0.3, -0.25) is 33.8 Å².